The molecule has 0 aliphatic carbocycles. The molecule has 1 amide bonds. The van der Waals surface area contributed by atoms with Gasteiger partial charge in [-0.15, -0.1) is 16.9 Å². The summed E-state index contributed by atoms with van der Waals surface area (Å²) in [6.07, 6.45) is 4.32. The van der Waals surface area contributed by atoms with Crippen LogP contribution < -0.4 is 5.32 Å². The largest absolute Gasteiger partial charge is 0.407 e. The van der Waals surface area contributed by atoms with Crippen molar-refractivity contribution in [3.05, 3.63) is 53.2 Å². The number of anilines is 1. The van der Waals surface area contributed by atoms with Gasteiger partial charge in [0.1, 0.15) is 0 Å². The molecule has 2 heterocycles. The van der Waals surface area contributed by atoms with Gasteiger partial charge in [0.25, 0.3) is 5.91 Å². The molecule has 8 heteroatoms. The molecule has 0 saturated heterocycles. The molecule has 0 atom stereocenters. The van der Waals surface area contributed by atoms with Crippen molar-refractivity contribution in [2.45, 2.75) is 18.2 Å². The van der Waals surface area contributed by atoms with Crippen LogP contribution in [-0.2, 0) is 13.5 Å². The Kier molecular flexibility index (Phi) is 4.66. The third-order valence-electron chi connectivity index (χ3n) is 3.43. The van der Waals surface area contributed by atoms with Gasteiger partial charge in [-0.05, 0) is 30.9 Å². The van der Waals surface area contributed by atoms with Crippen molar-refractivity contribution in [2.75, 3.05) is 11.6 Å². The van der Waals surface area contributed by atoms with Crippen molar-refractivity contribution in [1.82, 2.24) is 20.0 Å². The number of aryl methyl sites for hydroxylation is 2. The predicted octanol–water partition coefficient (Wildman–Crippen LogP) is 2.68. The summed E-state index contributed by atoms with van der Waals surface area (Å²) in [4.78, 5) is 13.4. The molecule has 1 aromatic carbocycles. The van der Waals surface area contributed by atoms with Crippen LogP contribution in [0.1, 0.15) is 27.5 Å². The second-order valence-corrected chi connectivity index (χ2v) is 6.19. The summed E-state index contributed by atoms with van der Waals surface area (Å²) >= 11 is 1.69. The lowest BCUT2D eigenvalue weighted by Gasteiger charge is -1.99. The van der Waals surface area contributed by atoms with E-state index in [0.29, 0.717) is 18.0 Å². The normalized spacial score (nSPS) is 10.8. The zero-order valence-electron chi connectivity index (χ0n) is 13.6. The van der Waals surface area contributed by atoms with E-state index in [1.54, 1.807) is 29.7 Å². The molecule has 0 spiro atoms. The van der Waals surface area contributed by atoms with Crippen LogP contribution in [0.3, 0.4) is 0 Å². The van der Waals surface area contributed by atoms with E-state index in [0.717, 1.165) is 11.1 Å². The van der Waals surface area contributed by atoms with Crippen molar-refractivity contribution in [2.24, 2.45) is 7.05 Å². The minimum Gasteiger partial charge on any atom is -0.407 e. The molecule has 24 heavy (non-hydrogen) atoms. The molecule has 7 nitrogen and oxygen atoms in total. The number of rotatable bonds is 5. The van der Waals surface area contributed by atoms with Crippen LogP contribution in [0.4, 0.5) is 6.01 Å². The van der Waals surface area contributed by atoms with E-state index >= 15 is 0 Å². The Balaban J connectivity index is 1.66. The third kappa shape index (κ3) is 3.65. The van der Waals surface area contributed by atoms with E-state index in [4.69, 9.17) is 4.42 Å². The molecular formula is C16H17N5O2S. The Hall–Kier alpha value is -2.61. The zero-order chi connectivity index (χ0) is 17.1. The third-order valence-corrected chi connectivity index (χ3v) is 4.17. The number of hydrogen-bond donors (Lipinski definition) is 1. The standard InChI is InChI=1S/C16H17N5O2S/c1-10-9-21(2)20-14(10)15(22)17-16-19-18-13(23-16)8-11-4-6-12(24-3)7-5-11/h4-7,9H,8H2,1-3H3,(H,17,19,22). The minimum atomic E-state index is -0.368. The van der Waals surface area contributed by atoms with Crippen LogP contribution in [0.2, 0.25) is 0 Å². The Morgan fingerprint density at radius 1 is 1.29 bits per heavy atom. The topological polar surface area (TPSA) is 85.8 Å². The van der Waals surface area contributed by atoms with Gasteiger partial charge in [0.05, 0.1) is 6.42 Å². The molecule has 0 unspecified atom stereocenters. The molecule has 0 bridgehead atoms. The second kappa shape index (κ2) is 6.88. The summed E-state index contributed by atoms with van der Waals surface area (Å²) in [7, 11) is 1.76. The van der Waals surface area contributed by atoms with Gasteiger partial charge in [-0.2, -0.15) is 5.10 Å². The summed E-state index contributed by atoms with van der Waals surface area (Å²) in [5, 5.41) is 14.5. The molecule has 0 aliphatic heterocycles. The summed E-state index contributed by atoms with van der Waals surface area (Å²) in [6, 6.07) is 8.20. The van der Waals surface area contributed by atoms with Gasteiger partial charge in [0.15, 0.2) is 5.69 Å². The SMILES string of the molecule is CSc1ccc(Cc2nnc(NC(=O)c3nn(C)cc3C)o2)cc1. The number of amides is 1. The minimum absolute atomic E-state index is 0.0702. The van der Waals surface area contributed by atoms with Gasteiger partial charge < -0.3 is 4.42 Å². The molecular weight excluding hydrogens is 326 g/mol. The zero-order valence-corrected chi connectivity index (χ0v) is 14.4. The van der Waals surface area contributed by atoms with Crippen LogP contribution >= 0.6 is 11.8 Å². The maximum Gasteiger partial charge on any atom is 0.322 e. The average molecular weight is 343 g/mol. The van der Waals surface area contributed by atoms with Crippen LogP contribution in [0.5, 0.6) is 0 Å². The smallest absolute Gasteiger partial charge is 0.322 e. The van der Waals surface area contributed by atoms with Crippen molar-refractivity contribution in [3.8, 4) is 0 Å². The highest BCUT2D eigenvalue weighted by Crippen LogP contribution is 2.17. The van der Waals surface area contributed by atoms with Gasteiger partial charge in [-0.25, -0.2) is 0 Å². The van der Waals surface area contributed by atoms with Crippen molar-refractivity contribution >= 4 is 23.7 Å². The second-order valence-electron chi connectivity index (χ2n) is 5.31. The van der Waals surface area contributed by atoms with Crippen LogP contribution in [0.15, 0.2) is 39.8 Å². The van der Waals surface area contributed by atoms with E-state index in [9.17, 15) is 4.79 Å². The quantitative estimate of drug-likeness (QED) is 0.717. The van der Waals surface area contributed by atoms with Gasteiger partial charge in [0, 0.05) is 23.7 Å². The van der Waals surface area contributed by atoms with Crippen molar-refractivity contribution in [3.63, 3.8) is 0 Å². The number of hydrogen-bond acceptors (Lipinski definition) is 6. The van der Waals surface area contributed by atoms with E-state index in [-0.39, 0.29) is 11.9 Å². The van der Waals surface area contributed by atoms with Crippen molar-refractivity contribution < 1.29 is 9.21 Å². The number of nitrogens with one attached hydrogen (secondary N) is 1. The van der Waals surface area contributed by atoms with Crippen LogP contribution in [0.25, 0.3) is 0 Å². The molecule has 2 aromatic heterocycles. The first-order valence-electron chi connectivity index (χ1n) is 7.32. The first kappa shape index (κ1) is 16.3. The number of thioether (sulfide) groups is 1. The molecule has 0 saturated carbocycles. The predicted molar refractivity (Wildman–Crippen MR) is 91.2 cm³/mol. The fraction of sp³-hybridized carbons (Fsp3) is 0.250. The van der Waals surface area contributed by atoms with Gasteiger partial charge in [-0.3, -0.25) is 14.8 Å². The Bertz CT molecular complexity index is 854. The molecule has 0 aliphatic rings. The van der Waals surface area contributed by atoms with Crippen LogP contribution in [-0.4, -0.2) is 32.1 Å². The molecule has 0 fully saturated rings. The fourth-order valence-corrected chi connectivity index (χ4v) is 2.69. The Morgan fingerprint density at radius 3 is 2.67 bits per heavy atom. The fourth-order valence-electron chi connectivity index (χ4n) is 2.28. The number of aromatic nitrogens is 4. The van der Waals surface area contributed by atoms with Crippen molar-refractivity contribution in [1.29, 1.82) is 0 Å². The van der Waals surface area contributed by atoms with Gasteiger partial charge >= 0.3 is 6.01 Å². The molecule has 0 radical (unpaired) electrons. The number of carbonyl (C=O) groups excluding carboxylic acids is 1. The lowest BCUT2D eigenvalue weighted by molar-refractivity contribution is 0.101. The number of carbonyl (C=O) groups is 1. The van der Waals surface area contributed by atoms with Gasteiger partial charge in [-0.1, -0.05) is 17.2 Å². The number of nitrogens with zero attached hydrogens (tertiary/aromatic N) is 4. The summed E-state index contributed by atoms with van der Waals surface area (Å²) in [5.41, 5.74) is 2.18. The summed E-state index contributed by atoms with van der Waals surface area (Å²) in [5.74, 6) is 0.0765. The Labute approximate surface area is 143 Å². The first-order valence-corrected chi connectivity index (χ1v) is 8.54. The van der Waals surface area contributed by atoms with E-state index in [2.05, 4.69) is 20.6 Å². The summed E-state index contributed by atoms with van der Waals surface area (Å²) < 4.78 is 7.07. The van der Waals surface area contributed by atoms with E-state index in [1.807, 2.05) is 37.4 Å². The van der Waals surface area contributed by atoms with E-state index < -0.39 is 0 Å². The highest BCUT2D eigenvalue weighted by atomic mass is 32.2. The molecule has 124 valence electrons. The Morgan fingerprint density at radius 2 is 2.04 bits per heavy atom. The lowest BCUT2D eigenvalue weighted by atomic mass is 10.1. The van der Waals surface area contributed by atoms with Gasteiger partial charge in [0.2, 0.25) is 5.89 Å². The first-order chi connectivity index (χ1) is 11.5. The molecule has 3 rings (SSSR count). The highest BCUT2D eigenvalue weighted by molar-refractivity contribution is 7.98. The maximum absolute atomic E-state index is 12.2. The molecule has 3 aromatic rings. The molecule has 1 N–H and O–H groups in total. The monoisotopic (exact) mass is 343 g/mol. The number of benzene rings is 1. The lowest BCUT2D eigenvalue weighted by Crippen LogP contribution is -2.14. The van der Waals surface area contributed by atoms with E-state index in [1.165, 1.54) is 4.90 Å². The summed E-state index contributed by atoms with van der Waals surface area (Å²) in [6.45, 7) is 1.82. The highest BCUT2D eigenvalue weighted by Gasteiger charge is 2.16. The average Bonchev–Trinajstić information content (AvgIpc) is 3.14. The maximum atomic E-state index is 12.2. The van der Waals surface area contributed by atoms with Crippen LogP contribution in [0, 0.1) is 6.92 Å².